The van der Waals surface area contributed by atoms with Crippen LogP contribution in [-0.2, 0) is 24.7 Å². The van der Waals surface area contributed by atoms with E-state index in [1.54, 1.807) is 97.6 Å². The van der Waals surface area contributed by atoms with Gasteiger partial charge in [-0.05, 0) is 108 Å². The molecule has 14 nitrogen and oxygen atoms in total. The van der Waals surface area contributed by atoms with Gasteiger partial charge in [-0.1, -0.05) is 107 Å². The molecule has 74 heavy (non-hydrogen) atoms. The van der Waals surface area contributed by atoms with Crippen LogP contribution in [0.3, 0.4) is 0 Å². The monoisotopic (exact) mass is 1130 g/mol. The lowest BCUT2D eigenvalue weighted by Gasteiger charge is -2.14. The predicted molar refractivity (Wildman–Crippen MR) is 298 cm³/mol. The molecule has 0 saturated carbocycles. The lowest BCUT2D eigenvalue weighted by atomic mass is 10.1. The molecule has 4 aromatic heterocycles. The first-order chi connectivity index (χ1) is 35.4. The molecule has 6 heterocycles. The summed E-state index contributed by atoms with van der Waals surface area (Å²) in [5.74, 6) is -2.25. The summed E-state index contributed by atoms with van der Waals surface area (Å²) in [5.41, 5.74) is 13.1. The summed E-state index contributed by atoms with van der Waals surface area (Å²) in [6.45, 7) is 1.19. The van der Waals surface area contributed by atoms with Crippen LogP contribution in [0.1, 0.15) is 90.5 Å². The van der Waals surface area contributed by atoms with Crippen molar-refractivity contribution in [2.75, 3.05) is 34.8 Å². The van der Waals surface area contributed by atoms with Gasteiger partial charge in [0, 0.05) is 61.1 Å². The minimum Gasteiger partial charge on any atom is -0.399 e. The molecular formula is C55H47BrCl2N8O6S2. The standard InChI is InChI=1S/C27H21ClN4O3S.C22H16BrClN2O3S.C5H6N2.CH4/c28-23-9-8-22(36-23)25(33)31-21-3-1-2-20-24(21)27(35)32(26(20)34)15-12-17-4-6-18(7-5-17)16-30-19-10-13-29-14-11-19;23-12-14-6-4-13(5-7-14)10-11-26-21(28)15-2-1-3-16(19(15)22(26)29)25-20(27)17-8-9-18(24)30-17;6-5-1-3-7-4-2-5;/h1-11,13-14H,12,15-16H2,(H,29,30)(H,31,33);1-9H,10-12H2,(H,25,27);1-4H,(H2,6,7);1H4. The molecule has 0 spiro atoms. The summed E-state index contributed by atoms with van der Waals surface area (Å²) in [7, 11) is 0. The fraction of sp³-hybridized carbons (Fsp3) is 0.127. The molecule has 19 heteroatoms. The molecule has 0 unspecified atom stereocenters. The number of nitrogens with one attached hydrogen (secondary N) is 3. The number of carbonyl (C=O) groups is 6. The molecule has 2 aliphatic heterocycles. The summed E-state index contributed by atoms with van der Waals surface area (Å²) in [4.78, 5) is 88.1. The van der Waals surface area contributed by atoms with E-state index in [0.29, 0.717) is 60.3 Å². The molecule has 0 radical (unpaired) electrons. The summed E-state index contributed by atoms with van der Waals surface area (Å²) in [6.07, 6.45) is 7.88. The van der Waals surface area contributed by atoms with Crippen LogP contribution < -0.4 is 21.7 Å². The highest BCUT2D eigenvalue weighted by molar-refractivity contribution is 9.08. The summed E-state index contributed by atoms with van der Waals surface area (Å²) in [5, 5.41) is 9.60. The van der Waals surface area contributed by atoms with Gasteiger partial charge in [-0.15, -0.1) is 22.7 Å². The molecule has 376 valence electrons. The van der Waals surface area contributed by atoms with Gasteiger partial charge in [0.25, 0.3) is 35.4 Å². The highest BCUT2D eigenvalue weighted by Gasteiger charge is 2.39. The highest BCUT2D eigenvalue weighted by atomic mass is 79.9. The van der Waals surface area contributed by atoms with Gasteiger partial charge in [0.05, 0.1) is 52.1 Å². The largest absolute Gasteiger partial charge is 0.399 e. The summed E-state index contributed by atoms with van der Waals surface area (Å²) < 4.78 is 0.994. The number of rotatable bonds is 14. The Morgan fingerprint density at radius 3 is 1.35 bits per heavy atom. The van der Waals surface area contributed by atoms with Gasteiger partial charge >= 0.3 is 0 Å². The molecular weight excluding hydrogens is 1080 g/mol. The number of thiophene rings is 2. The highest BCUT2D eigenvalue weighted by Crippen LogP contribution is 2.33. The number of nitrogen functional groups attached to an aromatic ring is 1. The van der Waals surface area contributed by atoms with Gasteiger partial charge in [-0.2, -0.15) is 0 Å². The Balaban J connectivity index is 0.000000191. The summed E-state index contributed by atoms with van der Waals surface area (Å²) in [6, 6.07) is 39.7. The van der Waals surface area contributed by atoms with E-state index in [1.165, 1.54) is 9.80 Å². The Bertz CT molecular complexity index is 3310. The summed E-state index contributed by atoms with van der Waals surface area (Å²) >= 11 is 17.5. The van der Waals surface area contributed by atoms with Gasteiger partial charge in [0.15, 0.2) is 0 Å². The molecule has 6 amide bonds. The average Bonchev–Trinajstić information content (AvgIpc) is 4.17. The molecule has 5 N–H and O–H groups in total. The molecule has 0 bridgehead atoms. The zero-order chi connectivity index (χ0) is 51.4. The SMILES string of the molecule is C.Nc1ccncc1.O=C(Nc1cccc2c1C(=O)N(CCc1ccc(CBr)cc1)C2=O)c1ccc(Cl)s1.O=C(Nc1cccc2c1C(=O)N(CCc1ccc(CNc3ccncc3)cc1)C2=O)c1ccc(Cl)s1. The number of aromatic nitrogens is 2. The quantitative estimate of drug-likeness (QED) is 0.0601. The van der Waals surface area contributed by atoms with Crippen molar-refractivity contribution in [2.45, 2.75) is 32.1 Å². The number of nitrogens with two attached hydrogens (primary N) is 1. The minimum absolute atomic E-state index is 0. The van der Waals surface area contributed by atoms with Crippen molar-refractivity contribution in [3.05, 3.63) is 221 Å². The molecule has 10 rings (SSSR count). The van der Waals surface area contributed by atoms with Crippen LogP contribution in [0.25, 0.3) is 0 Å². The zero-order valence-electron chi connectivity index (χ0n) is 38.5. The molecule has 0 fully saturated rings. The van der Waals surface area contributed by atoms with E-state index in [-0.39, 0.29) is 55.3 Å². The molecule has 0 aliphatic carbocycles. The molecule has 2 aliphatic rings. The number of fused-ring (bicyclic) bond motifs is 2. The second-order valence-electron chi connectivity index (χ2n) is 16.2. The van der Waals surface area contributed by atoms with Gasteiger partial charge in [-0.3, -0.25) is 48.5 Å². The van der Waals surface area contributed by atoms with Crippen LogP contribution in [0.5, 0.6) is 0 Å². The third-order valence-electron chi connectivity index (χ3n) is 11.4. The van der Waals surface area contributed by atoms with Crippen molar-refractivity contribution in [1.29, 1.82) is 0 Å². The lowest BCUT2D eigenvalue weighted by Crippen LogP contribution is -2.32. The Labute approximate surface area is 453 Å². The van der Waals surface area contributed by atoms with Gasteiger partial charge in [-0.25, -0.2) is 0 Å². The Morgan fingerprint density at radius 1 is 0.541 bits per heavy atom. The van der Waals surface area contributed by atoms with Crippen molar-refractivity contribution in [1.82, 2.24) is 19.8 Å². The number of imide groups is 2. The predicted octanol–water partition coefficient (Wildman–Crippen LogP) is 12.2. The van der Waals surface area contributed by atoms with Crippen LogP contribution >= 0.6 is 61.8 Å². The molecule has 8 aromatic rings. The van der Waals surface area contributed by atoms with Gasteiger partial charge in [0.1, 0.15) is 0 Å². The van der Waals surface area contributed by atoms with Crippen LogP contribution in [-0.4, -0.2) is 68.3 Å². The van der Waals surface area contributed by atoms with Crippen LogP contribution in [0.4, 0.5) is 22.7 Å². The number of carbonyl (C=O) groups excluding carboxylic acids is 6. The van der Waals surface area contributed by atoms with Crippen LogP contribution in [0.2, 0.25) is 8.67 Å². The Hall–Kier alpha value is -7.54. The third-order valence-corrected chi connectivity index (χ3v) is 14.5. The number of hydrogen-bond acceptors (Lipinski definition) is 12. The Kier molecular flexibility index (Phi) is 18.6. The maximum atomic E-state index is 13.2. The van der Waals surface area contributed by atoms with Crippen molar-refractivity contribution >= 4 is 120 Å². The number of hydrogen-bond donors (Lipinski definition) is 4. The second-order valence-corrected chi connectivity index (χ2v) is 20.2. The van der Waals surface area contributed by atoms with Crippen molar-refractivity contribution in [2.24, 2.45) is 0 Å². The van der Waals surface area contributed by atoms with E-state index in [0.717, 1.165) is 61.6 Å². The number of amides is 6. The van der Waals surface area contributed by atoms with Crippen molar-refractivity contribution < 1.29 is 28.8 Å². The van der Waals surface area contributed by atoms with Crippen molar-refractivity contribution in [3.8, 4) is 0 Å². The number of benzene rings is 4. The number of alkyl halides is 1. The fourth-order valence-electron chi connectivity index (χ4n) is 7.66. The zero-order valence-corrected chi connectivity index (χ0v) is 43.3. The Morgan fingerprint density at radius 2 is 0.959 bits per heavy atom. The second kappa shape index (κ2) is 25.4. The first-order valence-electron chi connectivity index (χ1n) is 22.5. The maximum Gasteiger partial charge on any atom is 0.265 e. The van der Waals surface area contributed by atoms with E-state index in [2.05, 4.69) is 41.8 Å². The fourth-order valence-corrected chi connectivity index (χ4v) is 9.91. The van der Waals surface area contributed by atoms with E-state index in [4.69, 9.17) is 28.9 Å². The number of anilines is 4. The van der Waals surface area contributed by atoms with Crippen molar-refractivity contribution in [3.63, 3.8) is 0 Å². The maximum absolute atomic E-state index is 13.2. The van der Waals surface area contributed by atoms with Gasteiger partial charge in [0.2, 0.25) is 0 Å². The first-order valence-corrected chi connectivity index (χ1v) is 26.0. The van der Waals surface area contributed by atoms with Gasteiger partial charge < -0.3 is 21.7 Å². The topological polar surface area (TPSA) is 197 Å². The van der Waals surface area contributed by atoms with Crippen LogP contribution in [0.15, 0.2) is 158 Å². The van der Waals surface area contributed by atoms with Crippen LogP contribution in [0, 0.1) is 0 Å². The van der Waals surface area contributed by atoms with E-state index in [1.807, 2.05) is 60.7 Å². The normalized spacial score (nSPS) is 12.1. The number of halogens is 3. The van der Waals surface area contributed by atoms with E-state index in [9.17, 15) is 28.8 Å². The molecule has 0 atom stereocenters. The average molecular weight is 1130 g/mol. The van der Waals surface area contributed by atoms with E-state index < -0.39 is 11.8 Å². The molecule has 4 aromatic carbocycles. The van der Waals surface area contributed by atoms with E-state index >= 15 is 0 Å². The lowest BCUT2D eigenvalue weighted by molar-refractivity contribution is 0.0640. The third kappa shape index (κ3) is 13.3. The number of pyridine rings is 2. The number of nitrogens with zero attached hydrogens (tertiary/aromatic N) is 4. The molecule has 0 saturated heterocycles. The minimum atomic E-state index is -0.409. The first kappa shape index (κ1) is 54.2. The smallest absolute Gasteiger partial charge is 0.265 e.